The van der Waals surface area contributed by atoms with Crippen LogP contribution in [0.1, 0.15) is 29.6 Å². The van der Waals surface area contributed by atoms with Gasteiger partial charge in [0.25, 0.3) is 5.91 Å². The van der Waals surface area contributed by atoms with Crippen LogP contribution >= 0.6 is 15.9 Å². The highest BCUT2D eigenvalue weighted by molar-refractivity contribution is 9.09. The number of carbonyl (C=O) groups excluding carboxylic acids is 1. The zero-order valence-corrected chi connectivity index (χ0v) is 11.0. The van der Waals surface area contributed by atoms with Crippen LogP contribution in [-0.4, -0.2) is 17.3 Å². The normalized spacial score (nSPS) is 23.6. The number of carbonyl (C=O) groups is 1. The number of benzene rings is 1. The van der Waals surface area contributed by atoms with E-state index in [1.807, 2.05) is 0 Å². The van der Waals surface area contributed by atoms with E-state index in [1.165, 1.54) is 12.1 Å². The smallest absolute Gasteiger partial charge is 0.251 e. The first kappa shape index (κ1) is 12.6. The SMILES string of the molecule is O=C(NC1CCCC1CBr)c1cccc(F)c1. The van der Waals surface area contributed by atoms with Gasteiger partial charge in [0, 0.05) is 16.9 Å². The molecule has 1 aromatic rings. The highest BCUT2D eigenvalue weighted by atomic mass is 79.9. The molecule has 1 aromatic carbocycles. The van der Waals surface area contributed by atoms with Gasteiger partial charge in [-0.15, -0.1) is 0 Å². The molecule has 1 aliphatic rings. The molecule has 1 N–H and O–H groups in total. The van der Waals surface area contributed by atoms with Crippen LogP contribution < -0.4 is 5.32 Å². The summed E-state index contributed by atoms with van der Waals surface area (Å²) in [4.78, 5) is 11.9. The van der Waals surface area contributed by atoms with Gasteiger partial charge in [-0.3, -0.25) is 4.79 Å². The number of hydrogen-bond acceptors (Lipinski definition) is 1. The maximum atomic E-state index is 13.0. The van der Waals surface area contributed by atoms with Crippen LogP contribution in [0.3, 0.4) is 0 Å². The van der Waals surface area contributed by atoms with E-state index in [0.717, 1.165) is 24.6 Å². The molecule has 2 nitrogen and oxygen atoms in total. The van der Waals surface area contributed by atoms with Crippen molar-refractivity contribution in [1.82, 2.24) is 5.32 Å². The molecule has 1 aliphatic carbocycles. The van der Waals surface area contributed by atoms with Crippen molar-refractivity contribution in [3.63, 3.8) is 0 Å². The zero-order chi connectivity index (χ0) is 12.3. The molecule has 0 spiro atoms. The largest absolute Gasteiger partial charge is 0.349 e. The van der Waals surface area contributed by atoms with Crippen molar-refractivity contribution in [1.29, 1.82) is 0 Å². The number of alkyl halides is 1. The van der Waals surface area contributed by atoms with Crippen LogP contribution in [0, 0.1) is 11.7 Å². The Morgan fingerprint density at radius 1 is 1.47 bits per heavy atom. The highest BCUT2D eigenvalue weighted by Crippen LogP contribution is 2.27. The van der Waals surface area contributed by atoms with Crippen molar-refractivity contribution < 1.29 is 9.18 Å². The summed E-state index contributed by atoms with van der Waals surface area (Å²) in [6.45, 7) is 0. The first-order valence-electron chi connectivity index (χ1n) is 5.83. The maximum Gasteiger partial charge on any atom is 0.251 e. The van der Waals surface area contributed by atoms with Gasteiger partial charge in [0.1, 0.15) is 5.82 Å². The van der Waals surface area contributed by atoms with Crippen LogP contribution in [0.4, 0.5) is 4.39 Å². The summed E-state index contributed by atoms with van der Waals surface area (Å²) in [5.41, 5.74) is 0.394. The fourth-order valence-electron chi connectivity index (χ4n) is 2.29. The first-order valence-corrected chi connectivity index (χ1v) is 6.95. The monoisotopic (exact) mass is 299 g/mol. The van der Waals surface area contributed by atoms with Gasteiger partial charge in [-0.1, -0.05) is 28.4 Å². The summed E-state index contributed by atoms with van der Waals surface area (Å²) >= 11 is 3.46. The number of rotatable bonds is 3. The summed E-state index contributed by atoms with van der Waals surface area (Å²) in [5.74, 6) is -0.0593. The zero-order valence-electron chi connectivity index (χ0n) is 9.46. The third kappa shape index (κ3) is 3.06. The van der Waals surface area contributed by atoms with Gasteiger partial charge in [0.05, 0.1) is 0 Å². The molecule has 17 heavy (non-hydrogen) atoms. The first-order chi connectivity index (χ1) is 8.20. The van der Waals surface area contributed by atoms with Crippen molar-refractivity contribution in [2.24, 2.45) is 5.92 Å². The molecule has 2 rings (SSSR count). The molecular weight excluding hydrogens is 285 g/mol. The summed E-state index contributed by atoms with van der Waals surface area (Å²) in [5, 5.41) is 3.89. The van der Waals surface area contributed by atoms with Crippen molar-refractivity contribution in [2.75, 3.05) is 5.33 Å². The second kappa shape index (κ2) is 5.63. The van der Waals surface area contributed by atoms with Crippen molar-refractivity contribution in [3.05, 3.63) is 35.6 Å². The maximum absolute atomic E-state index is 13.0. The van der Waals surface area contributed by atoms with E-state index in [2.05, 4.69) is 21.2 Å². The molecule has 2 unspecified atom stereocenters. The average molecular weight is 300 g/mol. The lowest BCUT2D eigenvalue weighted by Gasteiger charge is -2.18. The van der Waals surface area contributed by atoms with Gasteiger partial charge in [0.2, 0.25) is 0 Å². The van der Waals surface area contributed by atoms with Gasteiger partial charge >= 0.3 is 0 Å². The third-order valence-corrected chi connectivity index (χ3v) is 4.09. The van der Waals surface area contributed by atoms with Crippen LogP contribution in [-0.2, 0) is 0 Å². The fraction of sp³-hybridized carbons (Fsp3) is 0.462. The van der Waals surface area contributed by atoms with Crippen LogP contribution in [0.5, 0.6) is 0 Å². The predicted molar refractivity (Wildman–Crippen MR) is 68.8 cm³/mol. The van der Waals surface area contributed by atoms with Gasteiger partial charge < -0.3 is 5.32 Å². The molecule has 4 heteroatoms. The quantitative estimate of drug-likeness (QED) is 0.854. The van der Waals surface area contributed by atoms with Gasteiger partial charge in [-0.2, -0.15) is 0 Å². The van der Waals surface area contributed by atoms with E-state index in [-0.39, 0.29) is 17.8 Å². The van der Waals surface area contributed by atoms with E-state index in [9.17, 15) is 9.18 Å². The molecule has 0 heterocycles. The molecule has 1 fully saturated rings. The van der Waals surface area contributed by atoms with Crippen molar-refractivity contribution in [2.45, 2.75) is 25.3 Å². The molecular formula is C13H15BrFNO. The fourth-order valence-corrected chi connectivity index (χ4v) is 3.07. The van der Waals surface area contributed by atoms with Crippen LogP contribution in [0.15, 0.2) is 24.3 Å². The van der Waals surface area contributed by atoms with Gasteiger partial charge in [-0.05, 0) is 37.0 Å². The van der Waals surface area contributed by atoms with E-state index in [4.69, 9.17) is 0 Å². The second-order valence-electron chi connectivity index (χ2n) is 4.44. The lowest BCUT2D eigenvalue weighted by Crippen LogP contribution is -2.37. The Balaban J connectivity index is 2.01. The molecule has 1 amide bonds. The molecule has 0 aromatic heterocycles. The molecule has 0 aliphatic heterocycles. The number of halogens is 2. The van der Waals surface area contributed by atoms with E-state index in [1.54, 1.807) is 12.1 Å². The number of hydrogen-bond donors (Lipinski definition) is 1. The minimum atomic E-state index is -0.374. The third-order valence-electron chi connectivity index (χ3n) is 3.26. The molecule has 0 bridgehead atoms. The van der Waals surface area contributed by atoms with E-state index < -0.39 is 0 Å². The molecule has 0 saturated heterocycles. The Morgan fingerprint density at radius 3 is 3.00 bits per heavy atom. The average Bonchev–Trinajstić information content (AvgIpc) is 2.76. The number of amides is 1. The Labute approximate surface area is 109 Å². The van der Waals surface area contributed by atoms with Gasteiger partial charge in [0.15, 0.2) is 0 Å². The minimum Gasteiger partial charge on any atom is -0.349 e. The van der Waals surface area contributed by atoms with Crippen molar-refractivity contribution in [3.8, 4) is 0 Å². The standard InChI is InChI=1S/C13H15BrFNO/c14-8-10-4-2-6-12(10)16-13(17)9-3-1-5-11(15)7-9/h1,3,5,7,10,12H,2,4,6,8H2,(H,16,17). The Morgan fingerprint density at radius 2 is 2.29 bits per heavy atom. The van der Waals surface area contributed by atoms with Gasteiger partial charge in [-0.25, -0.2) is 4.39 Å². The summed E-state index contributed by atoms with van der Waals surface area (Å²) in [6, 6.07) is 6.02. The topological polar surface area (TPSA) is 29.1 Å². The van der Waals surface area contributed by atoms with Crippen LogP contribution in [0.25, 0.3) is 0 Å². The Bertz CT molecular complexity index is 410. The summed E-state index contributed by atoms with van der Waals surface area (Å²) in [7, 11) is 0. The molecule has 0 radical (unpaired) electrons. The van der Waals surface area contributed by atoms with Crippen molar-refractivity contribution >= 4 is 21.8 Å². The Kier molecular flexibility index (Phi) is 4.15. The predicted octanol–water partition coefficient (Wildman–Crippen LogP) is 3.12. The summed E-state index contributed by atoms with van der Waals surface area (Å²) in [6.07, 6.45) is 3.29. The molecule has 1 saturated carbocycles. The minimum absolute atomic E-state index is 0.178. The molecule has 2 atom stereocenters. The lowest BCUT2D eigenvalue weighted by atomic mass is 10.1. The van der Waals surface area contributed by atoms with E-state index >= 15 is 0 Å². The Hall–Kier alpha value is -0.900. The lowest BCUT2D eigenvalue weighted by molar-refractivity contribution is 0.0930. The van der Waals surface area contributed by atoms with Crippen LogP contribution in [0.2, 0.25) is 0 Å². The van der Waals surface area contributed by atoms with E-state index in [0.29, 0.717) is 11.5 Å². The molecule has 92 valence electrons. The second-order valence-corrected chi connectivity index (χ2v) is 5.08. The number of nitrogens with one attached hydrogen (secondary N) is 1. The summed E-state index contributed by atoms with van der Waals surface area (Å²) < 4.78 is 13.0. The highest BCUT2D eigenvalue weighted by Gasteiger charge is 2.27.